The summed E-state index contributed by atoms with van der Waals surface area (Å²) in [4.78, 5) is 4.19. The van der Waals surface area contributed by atoms with E-state index >= 15 is 0 Å². The van der Waals surface area contributed by atoms with Crippen molar-refractivity contribution in [3.8, 4) is 0 Å². The maximum Gasteiger partial charge on any atom is 0.127 e. The Labute approximate surface area is 152 Å². The van der Waals surface area contributed by atoms with E-state index in [2.05, 4.69) is 25.4 Å². The highest BCUT2D eigenvalue weighted by molar-refractivity contribution is 5.69. The molecule has 0 aromatic heterocycles. The number of aliphatic imine (C=N–C) groups is 1. The van der Waals surface area contributed by atoms with E-state index in [4.69, 9.17) is 0 Å². The fourth-order valence-electron chi connectivity index (χ4n) is 3.97. The van der Waals surface area contributed by atoms with E-state index in [1.54, 1.807) is 18.3 Å². The molecule has 1 nitrogen and oxygen atoms in total. The van der Waals surface area contributed by atoms with Crippen LogP contribution >= 0.6 is 0 Å². The molecule has 1 atom stereocenters. The fraction of sp³-hybridized carbons (Fsp3) is 0.522. The molecule has 2 rings (SSSR count). The number of hydrogen-bond donors (Lipinski definition) is 0. The first kappa shape index (κ1) is 19.6. The average Bonchev–Trinajstić information content (AvgIpc) is 2.59. The molecule has 1 unspecified atom stereocenters. The van der Waals surface area contributed by atoms with Gasteiger partial charge in [-0.1, -0.05) is 51.0 Å². The number of allylic oxidation sites excluding steroid dienone is 2. The summed E-state index contributed by atoms with van der Waals surface area (Å²) >= 11 is 0. The van der Waals surface area contributed by atoms with Crippen molar-refractivity contribution >= 4 is 11.8 Å². The Morgan fingerprint density at radius 2 is 2.00 bits per heavy atom. The number of halogens is 1. The lowest BCUT2D eigenvalue weighted by Crippen LogP contribution is -2.15. The normalized spacial score (nSPS) is 23.0. The molecule has 136 valence electrons. The lowest BCUT2D eigenvalue weighted by Gasteiger charge is -2.29. The highest BCUT2D eigenvalue weighted by Crippen LogP contribution is 2.38. The molecule has 1 fully saturated rings. The van der Waals surface area contributed by atoms with Crippen LogP contribution in [0.2, 0.25) is 0 Å². The van der Waals surface area contributed by atoms with Gasteiger partial charge in [0.1, 0.15) is 5.82 Å². The number of rotatable bonds is 6. The van der Waals surface area contributed by atoms with Crippen LogP contribution in [0.3, 0.4) is 0 Å². The van der Waals surface area contributed by atoms with Gasteiger partial charge in [-0.2, -0.15) is 0 Å². The van der Waals surface area contributed by atoms with Gasteiger partial charge in [-0.15, -0.1) is 0 Å². The van der Waals surface area contributed by atoms with Gasteiger partial charge in [-0.05, 0) is 73.6 Å². The summed E-state index contributed by atoms with van der Waals surface area (Å²) in [6, 6.07) is 5.35. The molecule has 0 radical (unpaired) electrons. The van der Waals surface area contributed by atoms with Gasteiger partial charge in [0.25, 0.3) is 0 Å². The summed E-state index contributed by atoms with van der Waals surface area (Å²) in [7, 11) is 0. The predicted octanol–water partition coefficient (Wildman–Crippen LogP) is 7.15. The maximum absolute atomic E-state index is 14.6. The third-order valence-electron chi connectivity index (χ3n) is 5.55. The molecule has 0 aliphatic heterocycles. The zero-order chi connectivity index (χ0) is 18.4. The van der Waals surface area contributed by atoms with Crippen molar-refractivity contribution in [1.82, 2.24) is 0 Å². The molecule has 0 N–H and O–H groups in total. The Morgan fingerprint density at radius 1 is 1.32 bits per heavy atom. The highest BCUT2D eigenvalue weighted by atomic mass is 19.1. The molecule has 0 heterocycles. The summed E-state index contributed by atoms with van der Waals surface area (Å²) in [5, 5.41) is 0. The van der Waals surface area contributed by atoms with Crippen LogP contribution in [-0.2, 0) is 0 Å². The molecule has 1 aliphatic carbocycles. The van der Waals surface area contributed by atoms with Crippen LogP contribution in [0.25, 0.3) is 5.57 Å². The van der Waals surface area contributed by atoms with Crippen molar-refractivity contribution in [3.05, 3.63) is 53.5 Å². The smallest absolute Gasteiger partial charge is 0.127 e. The van der Waals surface area contributed by atoms with E-state index in [-0.39, 0.29) is 11.7 Å². The number of benzene rings is 1. The molecule has 1 saturated carbocycles. The Hall–Kier alpha value is -1.70. The highest BCUT2D eigenvalue weighted by Gasteiger charge is 2.23. The van der Waals surface area contributed by atoms with Crippen LogP contribution in [0.15, 0.2) is 41.5 Å². The fourth-order valence-corrected chi connectivity index (χ4v) is 3.97. The van der Waals surface area contributed by atoms with Crippen molar-refractivity contribution in [2.75, 3.05) is 0 Å². The topological polar surface area (TPSA) is 12.4 Å². The molecule has 2 heteroatoms. The predicted molar refractivity (Wildman–Crippen MR) is 108 cm³/mol. The Kier molecular flexibility index (Phi) is 7.16. The summed E-state index contributed by atoms with van der Waals surface area (Å²) in [5.74, 6) is 1.45. The van der Waals surface area contributed by atoms with Gasteiger partial charge in [-0.25, -0.2) is 4.39 Å². The second kappa shape index (κ2) is 9.12. The quantitative estimate of drug-likeness (QED) is 0.385. The van der Waals surface area contributed by atoms with E-state index in [0.717, 1.165) is 29.0 Å². The Bertz CT molecular complexity index is 648. The van der Waals surface area contributed by atoms with E-state index in [1.807, 2.05) is 26.1 Å². The number of hydrogen-bond acceptors (Lipinski definition) is 1. The van der Waals surface area contributed by atoms with Crippen LogP contribution < -0.4 is 0 Å². The lowest BCUT2D eigenvalue weighted by molar-refractivity contribution is 0.314. The van der Waals surface area contributed by atoms with Crippen molar-refractivity contribution in [2.45, 2.75) is 65.7 Å². The summed E-state index contributed by atoms with van der Waals surface area (Å²) in [6.07, 6.45) is 9.47. The number of nitrogens with zero attached hydrogens (tertiary/aromatic N) is 1. The molecule has 0 spiro atoms. The summed E-state index contributed by atoms with van der Waals surface area (Å²) < 4.78 is 14.6. The average molecular weight is 342 g/mol. The van der Waals surface area contributed by atoms with E-state index in [1.165, 1.54) is 31.3 Å². The zero-order valence-electron chi connectivity index (χ0n) is 16.2. The van der Waals surface area contributed by atoms with Crippen molar-refractivity contribution < 1.29 is 4.39 Å². The van der Waals surface area contributed by atoms with E-state index < -0.39 is 0 Å². The van der Waals surface area contributed by atoms with Crippen LogP contribution in [0.4, 0.5) is 4.39 Å². The van der Waals surface area contributed by atoms with Crippen LogP contribution in [-0.4, -0.2) is 6.21 Å². The standard InChI is InChI=1S/C23H32FN/c1-6-25-15-19(5)21-8-7-9-22(24)23(21)18(4)14-17(3)20-12-10-16(2)11-13-20/h6-9,15-16,18,20H,3,10-14H2,1-2,4-5H3/b19-15+,25-6?. The minimum atomic E-state index is -0.122. The van der Waals surface area contributed by atoms with Gasteiger partial charge in [0.15, 0.2) is 0 Å². The van der Waals surface area contributed by atoms with Gasteiger partial charge >= 0.3 is 0 Å². The third-order valence-corrected chi connectivity index (χ3v) is 5.55. The third kappa shape index (κ3) is 5.14. The molecular formula is C23H32FN. The molecule has 1 aliphatic rings. The maximum atomic E-state index is 14.6. The zero-order valence-corrected chi connectivity index (χ0v) is 16.2. The monoisotopic (exact) mass is 341 g/mol. The second-order valence-corrected chi connectivity index (χ2v) is 7.64. The first-order chi connectivity index (χ1) is 11.9. The Balaban J connectivity index is 2.18. The van der Waals surface area contributed by atoms with Gasteiger partial charge in [0.05, 0.1) is 0 Å². The molecule has 1 aromatic carbocycles. The van der Waals surface area contributed by atoms with Gasteiger partial charge in [0.2, 0.25) is 0 Å². The van der Waals surface area contributed by atoms with Crippen molar-refractivity contribution in [1.29, 1.82) is 0 Å². The van der Waals surface area contributed by atoms with Crippen LogP contribution in [0, 0.1) is 17.7 Å². The molecular weight excluding hydrogens is 309 g/mol. The first-order valence-corrected chi connectivity index (χ1v) is 9.55. The molecule has 25 heavy (non-hydrogen) atoms. The molecule has 0 bridgehead atoms. The molecule has 0 saturated heterocycles. The van der Waals surface area contributed by atoms with Gasteiger partial charge in [-0.3, -0.25) is 4.99 Å². The van der Waals surface area contributed by atoms with Gasteiger partial charge < -0.3 is 0 Å². The SMILES string of the molecule is C=C(CC(C)c1c(F)cccc1/C(C)=C/N=CC)C1CCC(C)CC1. The van der Waals surface area contributed by atoms with Crippen LogP contribution in [0.1, 0.15) is 76.8 Å². The largest absolute Gasteiger partial charge is 0.269 e. The Morgan fingerprint density at radius 3 is 2.64 bits per heavy atom. The van der Waals surface area contributed by atoms with Gasteiger partial charge in [0, 0.05) is 12.4 Å². The molecule has 1 aromatic rings. The van der Waals surface area contributed by atoms with E-state index in [9.17, 15) is 4.39 Å². The molecule has 0 amide bonds. The summed E-state index contributed by atoms with van der Waals surface area (Å²) in [5.41, 5.74) is 4.05. The minimum absolute atomic E-state index is 0.122. The van der Waals surface area contributed by atoms with Crippen molar-refractivity contribution in [2.24, 2.45) is 16.8 Å². The van der Waals surface area contributed by atoms with Crippen molar-refractivity contribution in [3.63, 3.8) is 0 Å². The second-order valence-electron chi connectivity index (χ2n) is 7.64. The summed E-state index contributed by atoms with van der Waals surface area (Å²) in [6.45, 7) is 12.7. The van der Waals surface area contributed by atoms with E-state index in [0.29, 0.717) is 5.92 Å². The first-order valence-electron chi connectivity index (χ1n) is 9.55. The van der Waals surface area contributed by atoms with Crippen LogP contribution in [0.5, 0.6) is 0 Å². The lowest BCUT2D eigenvalue weighted by atomic mass is 9.76. The minimum Gasteiger partial charge on any atom is -0.269 e.